The van der Waals surface area contributed by atoms with Crippen molar-refractivity contribution in [3.63, 3.8) is 0 Å². The highest BCUT2D eigenvalue weighted by Gasteiger charge is 2.57. The molecule has 0 heterocycles. The zero-order valence-electron chi connectivity index (χ0n) is 12.5. The summed E-state index contributed by atoms with van der Waals surface area (Å²) in [7, 11) is 0. The van der Waals surface area contributed by atoms with Crippen LogP contribution >= 0.6 is 0 Å². The van der Waals surface area contributed by atoms with E-state index >= 15 is 0 Å². The first-order valence-electron chi connectivity index (χ1n) is 8.18. The second-order valence-corrected chi connectivity index (χ2v) is 7.59. The number of fused-ring (bicyclic) bond motifs is 5. The maximum absolute atomic E-state index is 10.4. The average Bonchev–Trinajstić information content (AvgIpc) is 2.70. The van der Waals surface area contributed by atoms with Gasteiger partial charge in [-0.25, -0.2) is 0 Å². The summed E-state index contributed by atoms with van der Waals surface area (Å²) in [6.07, 6.45) is 3.80. The molecule has 4 rings (SSSR count). The molecule has 2 saturated carbocycles. The number of aromatic hydroxyl groups is 1. The van der Waals surface area contributed by atoms with Gasteiger partial charge in [-0.3, -0.25) is 0 Å². The molecule has 1 aromatic rings. The third-order valence-corrected chi connectivity index (χ3v) is 6.68. The Morgan fingerprint density at radius 1 is 1.19 bits per heavy atom. The van der Waals surface area contributed by atoms with Crippen molar-refractivity contribution in [3.8, 4) is 5.75 Å². The van der Waals surface area contributed by atoms with Crippen LogP contribution in [-0.4, -0.2) is 27.5 Å². The number of hydrogen-bond acceptors (Lipinski definition) is 3. The van der Waals surface area contributed by atoms with E-state index in [2.05, 4.69) is 13.0 Å². The van der Waals surface area contributed by atoms with Crippen molar-refractivity contribution in [1.82, 2.24) is 0 Å². The van der Waals surface area contributed by atoms with Crippen molar-refractivity contribution >= 4 is 0 Å². The molecule has 0 aromatic heterocycles. The van der Waals surface area contributed by atoms with Crippen LogP contribution in [0.2, 0.25) is 0 Å². The Balaban J connectivity index is 1.71. The summed E-state index contributed by atoms with van der Waals surface area (Å²) in [5, 5.41) is 30.2. The highest BCUT2D eigenvalue weighted by molar-refractivity contribution is 5.40. The molecule has 1 aromatic carbocycles. The van der Waals surface area contributed by atoms with Gasteiger partial charge >= 0.3 is 0 Å². The summed E-state index contributed by atoms with van der Waals surface area (Å²) in [5.41, 5.74) is 2.57. The molecule has 0 bridgehead atoms. The average molecular weight is 288 g/mol. The molecule has 0 radical (unpaired) electrons. The smallest absolute Gasteiger partial charge is 0.115 e. The van der Waals surface area contributed by atoms with E-state index in [0.717, 1.165) is 32.1 Å². The molecule has 3 nitrogen and oxygen atoms in total. The van der Waals surface area contributed by atoms with Crippen LogP contribution in [0.15, 0.2) is 18.2 Å². The monoisotopic (exact) mass is 288 g/mol. The fraction of sp³-hybridized carbons (Fsp3) is 0.667. The summed E-state index contributed by atoms with van der Waals surface area (Å²) >= 11 is 0. The number of aliphatic hydroxyl groups excluding tert-OH is 2. The van der Waals surface area contributed by atoms with Gasteiger partial charge in [-0.2, -0.15) is 0 Å². The normalized spacial score (nSPS) is 44.8. The van der Waals surface area contributed by atoms with Crippen LogP contribution in [0.3, 0.4) is 0 Å². The van der Waals surface area contributed by atoms with Crippen molar-refractivity contribution in [1.29, 1.82) is 0 Å². The second kappa shape index (κ2) is 4.47. The predicted molar refractivity (Wildman–Crippen MR) is 80.1 cm³/mol. The molecule has 0 unspecified atom stereocenters. The summed E-state index contributed by atoms with van der Waals surface area (Å²) in [6.45, 7) is 2.17. The number of benzene rings is 1. The SMILES string of the molecule is C[C@@]12CC[C@@H]3c4ccc(O)cc4CC[C@@H]3[C@@H]1C[C@H](O)[C@@H]2O. The molecule has 0 saturated heterocycles. The van der Waals surface area contributed by atoms with Crippen LogP contribution in [0.25, 0.3) is 0 Å². The van der Waals surface area contributed by atoms with Gasteiger partial charge in [0.15, 0.2) is 0 Å². The van der Waals surface area contributed by atoms with E-state index in [9.17, 15) is 15.3 Å². The minimum absolute atomic E-state index is 0.116. The van der Waals surface area contributed by atoms with E-state index in [1.165, 1.54) is 11.1 Å². The van der Waals surface area contributed by atoms with Gasteiger partial charge in [-0.1, -0.05) is 13.0 Å². The van der Waals surface area contributed by atoms with E-state index in [0.29, 0.717) is 23.5 Å². The van der Waals surface area contributed by atoms with Gasteiger partial charge in [-0.15, -0.1) is 0 Å². The van der Waals surface area contributed by atoms with E-state index in [1.807, 2.05) is 6.07 Å². The summed E-state index contributed by atoms with van der Waals surface area (Å²) in [6, 6.07) is 5.80. The number of aliphatic hydroxyl groups is 2. The minimum Gasteiger partial charge on any atom is -0.508 e. The maximum atomic E-state index is 10.4. The highest BCUT2D eigenvalue weighted by atomic mass is 16.3. The van der Waals surface area contributed by atoms with Crippen LogP contribution in [-0.2, 0) is 6.42 Å². The third kappa shape index (κ3) is 1.80. The molecule has 0 spiro atoms. The van der Waals surface area contributed by atoms with Gasteiger partial charge in [0, 0.05) is 0 Å². The molecular weight excluding hydrogens is 264 g/mol. The Bertz CT molecular complexity index is 570. The topological polar surface area (TPSA) is 60.7 Å². The van der Waals surface area contributed by atoms with Crippen molar-refractivity contribution in [2.75, 3.05) is 0 Å². The lowest BCUT2D eigenvalue weighted by Crippen LogP contribution is -2.44. The van der Waals surface area contributed by atoms with Crippen LogP contribution in [0.1, 0.15) is 49.7 Å². The van der Waals surface area contributed by atoms with Crippen LogP contribution in [0.4, 0.5) is 0 Å². The summed E-state index contributed by atoms with van der Waals surface area (Å²) < 4.78 is 0. The fourth-order valence-corrected chi connectivity index (χ4v) is 5.56. The van der Waals surface area contributed by atoms with Gasteiger partial charge in [-0.05, 0) is 78.5 Å². The van der Waals surface area contributed by atoms with Crippen molar-refractivity contribution in [2.45, 2.75) is 57.2 Å². The zero-order valence-corrected chi connectivity index (χ0v) is 12.5. The van der Waals surface area contributed by atoms with E-state index in [1.54, 1.807) is 6.07 Å². The number of aryl methyl sites for hydroxylation is 1. The number of phenols is 1. The molecule has 3 heteroatoms. The fourth-order valence-electron chi connectivity index (χ4n) is 5.56. The molecular formula is C18H24O3. The van der Waals surface area contributed by atoms with Gasteiger partial charge < -0.3 is 15.3 Å². The standard InChI is InChI=1S/C18H24O3/c1-18-7-6-13-12-5-3-11(19)8-10(12)2-4-14(13)15(18)9-16(20)17(18)21/h3,5,8,13-17,19-21H,2,4,6-7,9H2,1H3/t13-,14+,15+,16+,17+,18-/m1/s1. The highest BCUT2D eigenvalue weighted by Crippen LogP contribution is 2.60. The first-order chi connectivity index (χ1) is 10.0. The largest absolute Gasteiger partial charge is 0.508 e. The van der Waals surface area contributed by atoms with Gasteiger partial charge in [0.2, 0.25) is 0 Å². The van der Waals surface area contributed by atoms with E-state index < -0.39 is 12.2 Å². The lowest BCUT2D eigenvalue weighted by molar-refractivity contribution is -0.0505. The van der Waals surface area contributed by atoms with Crippen molar-refractivity contribution < 1.29 is 15.3 Å². The molecule has 2 fully saturated rings. The lowest BCUT2D eigenvalue weighted by atomic mass is 9.55. The molecule has 6 atom stereocenters. The second-order valence-electron chi connectivity index (χ2n) is 7.59. The quantitative estimate of drug-likeness (QED) is 0.687. The molecule has 0 amide bonds. The molecule has 3 aliphatic rings. The molecule has 3 N–H and O–H groups in total. The van der Waals surface area contributed by atoms with E-state index in [4.69, 9.17) is 0 Å². The summed E-state index contributed by atoms with van der Waals surface area (Å²) in [5.74, 6) is 1.88. The Morgan fingerprint density at radius 3 is 2.81 bits per heavy atom. The minimum atomic E-state index is -0.565. The number of hydrogen-bond donors (Lipinski definition) is 3. The van der Waals surface area contributed by atoms with Gasteiger partial charge in [0.25, 0.3) is 0 Å². The van der Waals surface area contributed by atoms with Crippen LogP contribution in [0.5, 0.6) is 5.75 Å². The predicted octanol–water partition coefficient (Wildman–Crippen LogP) is 2.58. The Kier molecular flexibility index (Phi) is 2.89. The maximum Gasteiger partial charge on any atom is 0.115 e. The third-order valence-electron chi connectivity index (χ3n) is 6.68. The Labute approximate surface area is 125 Å². The zero-order chi connectivity index (χ0) is 14.8. The van der Waals surface area contributed by atoms with Gasteiger partial charge in [0.1, 0.15) is 5.75 Å². The Hall–Kier alpha value is -1.06. The van der Waals surface area contributed by atoms with Gasteiger partial charge in [0.05, 0.1) is 12.2 Å². The van der Waals surface area contributed by atoms with Crippen molar-refractivity contribution in [2.24, 2.45) is 17.3 Å². The van der Waals surface area contributed by atoms with Crippen LogP contribution in [0, 0.1) is 17.3 Å². The van der Waals surface area contributed by atoms with Crippen LogP contribution < -0.4 is 0 Å². The first-order valence-corrected chi connectivity index (χ1v) is 8.18. The van der Waals surface area contributed by atoms with Crippen molar-refractivity contribution in [3.05, 3.63) is 29.3 Å². The molecule has 0 aliphatic heterocycles. The molecule has 114 valence electrons. The lowest BCUT2D eigenvalue weighted by Gasteiger charge is -2.49. The Morgan fingerprint density at radius 2 is 2.00 bits per heavy atom. The molecule has 3 aliphatic carbocycles. The number of rotatable bonds is 0. The molecule has 21 heavy (non-hydrogen) atoms. The first kappa shape index (κ1) is 13.6. The van der Waals surface area contributed by atoms with E-state index in [-0.39, 0.29) is 5.41 Å². The number of phenolic OH excluding ortho intramolecular Hbond substituents is 1. The summed E-state index contributed by atoms with van der Waals surface area (Å²) in [4.78, 5) is 0.